The van der Waals surface area contributed by atoms with Gasteiger partial charge in [0, 0.05) is 32.9 Å². The number of anilines is 1. The van der Waals surface area contributed by atoms with E-state index < -0.39 is 0 Å². The van der Waals surface area contributed by atoms with Crippen LogP contribution in [0.3, 0.4) is 0 Å². The first-order chi connectivity index (χ1) is 10.1. The molecule has 0 radical (unpaired) electrons. The first kappa shape index (κ1) is 17.5. The van der Waals surface area contributed by atoms with Crippen molar-refractivity contribution in [3.05, 3.63) is 24.0 Å². The Morgan fingerprint density at radius 2 is 1.71 bits per heavy atom. The van der Waals surface area contributed by atoms with Gasteiger partial charge in [-0.25, -0.2) is 0 Å². The van der Waals surface area contributed by atoms with Crippen molar-refractivity contribution >= 4 is 11.6 Å². The van der Waals surface area contributed by atoms with Crippen molar-refractivity contribution < 1.29 is 4.79 Å². The highest BCUT2D eigenvalue weighted by Gasteiger charge is 2.14. The van der Waals surface area contributed by atoms with Crippen molar-refractivity contribution in [2.45, 2.75) is 46.5 Å². The number of hydrogen-bond acceptors (Lipinski definition) is 3. The largest absolute Gasteiger partial charge is 0.370 e. The third-order valence-corrected chi connectivity index (χ3v) is 3.52. The van der Waals surface area contributed by atoms with E-state index in [0.29, 0.717) is 5.56 Å². The van der Waals surface area contributed by atoms with Crippen LogP contribution in [0.5, 0.6) is 0 Å². The van der Waals surface area contributed by atoms with Crippen LogP contribution in [-0.2, 0) is 0 Å². The van der Waals surface area contributed by atoms with Crippen LogP contribution in [0.4, 0.5) is 5.69 Å². The van der Waals surface area contributed by atoms with Gasteiger partial charge < -0.3 is 9.80 Å². The SMILES string of the molecule is CCCCN(C)C(=O)c1cncc(N(CCC)CCC)c1. The lowest BCUT2D eigenvalue weighted by Gasteiger charge is -2.24. The van der Waals surface area contributed by atoms with E-state index in [0.717, 1.165) is 51.0 Å². The lowest BCUT2D eigenvalue weighted by Crippen LogP contribution is -2.29. The van der Waals surface area contributed by atoms with Crippen LogP contribution >= 0.6 is 0 Å². The van der Waals surface area contributed by atoms with Crippen LogP contribution in [0.15, 0.2) is 18.5 Å². The molecule has 1 rings (SSSR count). The normalized spacial score (nSPS) is 10.5. The monoisotopic (exact) mass is 291 g/mol. The van der Waals surface area contributed by atoms with Crippen LogP contribution in [0.25, 0.3) is 0 Å². The quantitative estimate of drug-likeness (QED) is 0.698. The number of amides is 1. The predicted molar refractivity (Wildman–Crippen MR) is 88.9 cm³/mol. The van der Waals surface area contributed by atoms with Crippen LogP contribution in [0.1, 0.15) is 56.8 Å². The van der Waals surface area contributed by atoms with Gasteiger partial charge in [0.1, 0.15) is 0 Å². The second-order valence-electron chi connectivity index (χ2n) is 5.50. The smallest absolute Gasteiger partial charge is 0.255 e. The van der Waals surface area contributed by atoms with Gasteiger partial charge >= 0.3 is 0 Å². The molecular formula is C17H29N3O. The minimum atomic E-state index is 0.0609. The summed E-state index contributed by atoms with van der Waals surface area (Å²) in [5.41, 5.74) is 1.73. The average molecular weight is 291 g/mol. The average Bonchev–Trinajstić information content (AvgIpc) is 2.51. The molecule has 0 aliphatic rings. The summed E-state index contributed by atoms with van der Waals surface area (Å²) in [4.78, 5) is 20.8. The van der Waals surface area contributed by atoms with E-state index in [1.165, 1.54) is 0 Å². The molecule has 0 bridgehead atoms. The Bertz CT molecular complexity index is 428. The molecule has 0 N–H and O–H groups in total. The van der Waals surface area contributed by atoms with E-state index in [4.69, 9.17) is 0 Å². The molecule has 21 heavy (non-hydrogen) atoms. The topological polar surface area (TPSA) is 36.4 Å². The van der Waals surface area contributed by atoms with E-state index in [2.05, 4.69) is 30.7 Å². The molecule has 4 nitrogen and oxygen atoms in total. The fourth-order valence-corrected chi connectivity index (χ4v) is 2.34. The molecule has 0 aliphatic carbocycles. The molecule has 118 valence electrons. The van der Waals surface area contributed by atoms with Crippen LogP contribution in [0.2, 0.25) is 0 Å². The Hall–Kier alpha value is -1.58. The Labute approximate surface area is 129 Å². The number of unbranched alkanes of at least 4 members (excludes halogenated alkanes) is 1. The van der Waals surface area contributed by atoms with Crippen LogP contribution in [0, 0.1) is 0 Å². The van der Waals surface area contributed by atoms with Crippen molar-refractivity contribution in [1.82, 2.24) is 9.88 Å². The van der Waals surface area contributed by atoms with Gasteiger partial charge in [0.2, 0.25) is 0 Å². The molecule has 0 aliphatic heterocycles. The predicted octanol–water partition coefficient (Wildman–Crippen LogP) is 3.58. The van der Waals surface area contributed by atoms with Gasteiger partial charge in [-0.1, -0.05) is 27.2 Å². The lowest BCUT2D eigenvalue weighted by molar-refractivity contribution is 0.0793. The van der Waals surface area contributed by atoms with Crippen molar-refractivity contribution in [2.24, 2.45) is 0 Å². The zero-order chi connectivity index (χ0) is 15.7. The third-order valence-electron chi connectivity index (χ3n) is 3.52. The first-order valence-electron chi connectivity index (χ1n) is 8.09. The summed E-state index contributed by atoms with van der Waals surface area (Å²) in [5.74, 6) is 0.0609. The molecular weight excluding hydrogens is 262 g/mol. The number of carbonyl (C=O) groups is 1. The maximum absolute atomic E-state index is 12.4. The third kappa shape index (κ3) is 5.37. The summed E-state index contributed by atoms with van der Waals surface area (Å²) < 4.78 is 0. The van der Waals surface area contributed by atoms with E-state index in [-0.39, 0.29) is 5.91 Å². The highest BCUT2D eigenvalue weighted by molar-refractivity contribution is 5.94. The van der Waals surface area contributed by atoms with Crippen molar-refractivity contribution in [1.29, 1.82) is 0 Å². The molecule has 1 aromatic rings. The fraction of sp³-hybridized carbons (Fsp3) is 0.647. The molecule has 0 unspecified atom stereocenters. The van der Waals surface area contributed by atoms with Crippen molar-refractivity contribution in [2.75, 3.05) is 31.6 Å². The molecule has 4 heteroatoms. The number of carbonyl (C=O) groups excluding carboxylic acids is 1. The maximum Gasteiger partial charge on any atom is 0.255 e. The van der Waals surface area contributed by atoms with Gasteiger partial charge in [0.25, 0.3) is 5.91 Å². The number of aromatic nitrogens is 1. The van der Waals surface area contributed by atoms with Gasteiger partial charge in [0.15, 0.2) is 0 Å². The van der Waals surface area contributed by atoms with E-state index in [1.807, 2.05) is 19.3 Å². The minimum absolute atomic E-state index is 0.0609. The summed E-state index contributed by atoms with van der Waals surface area (Å²) in [7, 11) is 1.86. The second-order valence-corrected chi connectivity index (χ2v) is 5.50. The van der Waals surface area contributed by atoms with Gasteiger partial charge in [-0.2, -0.15) is 0 Å². The summed E-state index contributed by atoms with van der Waals surface area (Å²) in [6.07, 6.45) is 7.84. The highest BCUT2D eigenvalue weighted by Crippen LogP contribution is 2.16. The Kier molecular flexibility index (Phi) is 7.80. The van der Waals surface area contributed by atoms with Gasteiger partial charge in [-0.05, 0) is 25.3 Å². The molecule has 0 aromatic carbocycles. The Morgan fingerprint density at radius 3 is 2.29 bits per heavy atom. The fourth-order valence-electron chi connectivity index (χ4n) is 2.34. The number of nitrogens with zero attached hydrogens (tertiary/aromatic N) is 3. The Morgan fingerprint density at radius 1 is 1.05 bits per heavy atom. The van der Waals surface area contributed by atoms with Crippen LogP contribution < -0.4 is 4.90 Å². The number of pyridine rings is 1. The summed E-state index contributed by atoms with van der Waals surface area (Å²) in [6, 6.07) is 1.98. The van der Waals surface area contributed by atoms with Crippen molar-refractivity contribution in [3.8, 4) is 0 Å². The number of rotatable bonds is 9. The summed E-state index contributed by atoms with van der Waals surface area (Å²) in [6.45, 7) is 9.27. The molecule has 0 spiro atoms. The molecule has 1 amide bonds. The van der Waals surface area contributed by atoms with Gasteiger partial charge in [-0.3, -0.25) is 9.78 Å². The zero-order valence-electron chi connectivity index (χ0n) is 13.9. The lowest BCUT2D eigenvalue weighted by atomic mass is 10.2. The highest BCUT2D eigenvalue weighted by atomic mass is 16.2. The molecule has 0 saturated heterocycles. The molecule has 1 aromatic heterocycles. The molecule has 0 fully saturated rings. The molecule has 0 saturated carbocycles. The Balaban J connectivity index is 2.85. The van der Waals surface area contributed by atoms with Crippen molar-refractivity contribution in [3.63, 3.8) is 0 Å². The summed E-state index contributed by atoms with van der Waals surface area (Å²) >= 11 is 0. The van der Waals surface area contributed by atoms with E-state index in [9.17, 15) is 4.79 Å². The zero-order valence-corrected chi connectivity index (χ0v) is 13.9. The minimum Gasteiger partial charge on any atom is -0.370 e. The van der Waals surface area contributed by atoms with E-state index >= 15 is 0 Å². The van der Waals surface area contributed by atoms with Gasteiger partial charge in [-0.15, -0.1) is 0 Å². The maximum atomic E-state index is 12.4. The molecule has 0 atom stereocenters. The second kappa shape index (κ2) is 9.37. The summed E-state index contributed by atoms with van der Waals surface area (Å²) in [5, 5.41) is 0. The first-order valence-corrected chi connectivity index (χ1v) is 8.09. The standard InChI is InChI=1S/C17H29N3O/c1-5-8-11-19(4)17(21)15-12-16(14-18-13-15)20(9-6-2)10-7-3/h12-14H,5-11H2,1-4H3. The van der Waals surface area contributed by atoms with Gasteiger partial charge in [0.05, 0.1) is 17.4 Å². The van der Waals surface area contributed by atoms with E-state index in [1.54, 1.807) is 11.1 Å². The molecule has 1 heterocycles. The van der Waals surface area contributed by atoms with Crippen LogP contribution in [-0.4, -0.2) is 42.5 Å². The number of hydrogen-bond donors (Lipinski definition) is 0.